The molecule has 1 aromatic carbocycles. The van der Waals surface area contributed by atoms with Crippen molar-refractivity contribution in [1.82, 2.24) is 9.88 Å². The van der Waals surface area contributed by atoms with Gasteiger partial charge in [-0.25, -0.2) is 0 Å². The van der Waals surface area contributed by atoms with Crippen LogP contribution in [0.5, 0.6) is 0 Å². The Hall–Kier alpha value is -1.78. The van der Waals surface area contributed by atoms with Crippen molar-refractivity contribution in [3.8, 4) is 0 Å². The molecule has 1 aliphatic heterocycles. The Morgan fingerprint density at radius 1 is 1.05 bits per heavy atom. The number of para-hydroxylation sites is 1. The number of nitrogens with one attached hydrogen (secondary N) is 1. The Kier molecular flexibility index (Phi) is 4.04. The summed E-state index contributed by atoms with van der Waals surface area (Å²) < 4.78 is 0. The third kappa shape index (κ3) is 2.71. The van der Waals surface area contributed by atoms with E-state index in [0.717, 1.165) is 26.2 Å². The van der Waals surface area contributed by atoms with Gasteiger partial charge in [-0.05, 0) is 23.8 Å². The lowest BCUT2D eigenvalue weighted by molar-refractivity contribution is 0.190. The molecular weight excluding hydrogens is 248 g/mol. The molecule has 1 atom stereocenters. The van der Waals surface area contributed by atoms with Crippen molar-refractivity contribution in [1.29, 1.82) is 0 Å². The summed E-state index contributed by atoms with van der Waals surface area (Å²) in [6.45, 7) is 4.91. The van der Waals surface area contributed by atoms with Gasteiger partial charge in [0.05, 0.1) is 0 Å². The number of hydrogen-bond donors (Lipinski definition) is 2. The average molecular weight is 270 g/mol. The zero-order valence-electron chi connectivity index (χ0n) is 11.7. The van der Waals surface area contributed by atoms with E-state index in [1.807, 2.05) is 6.20 Å². The van der Waals surface area contributed by atoms with Gasteiger partial charge >= 0.3 is 0 Å². The van der Waals surface area contributed by atoms with Crippen molar-refractivity contribution >= 4 is 5.69 Å². The topological polar surface area (TPSA) is 48.3 Å². The first-order chi connectivity index (χ1) is 9.88. The van der Waals surface area contributed by atoms with Gasteiger partial charge in [0.15, 0.2) is 0 Å². The molecule has 0 aliphatic carbocycles. The highest BCUT2D eigenvalue weighted by molar-refractivity contribution is 5.46. The average Bonchev–Trinajstić information content (AvgIpc) is 3.04. The van der Waals surface area contributed by atoms with Crippen LogP contribution in [-0.2, 0) is 0 Å². The predicted octanol–water partition coefficient (Wildman–Crippen LogP) is 1.84. The molecule has 3 rings (SSSR count). The number of nitrogens with two attached hydrogens (primary N) is 1. The first kappa shape index (κ1) is 13.2. The minimum Gasteiger partial charge on any atom is -0.369 e. The van der Waals surface area contributed by atoms with E-state index in [2.05, 4.69) is 57.4 Å². The summed E-state index contributed by atoms with van der Waals surface area (Å²) in [4.78, 5) is 8.06. The Bertz CT molecular complexity index is 501. The van der Waals surface area contributed by atoms with Crippen LogP contribution >= 0.6 is 0 Å². The molecule has 3 N–H and O–H groups in total. The molecule has 106 valence electrons. The number of aromatic amines is 1. The highest BCUT2D eigenvalue weighted by Gasteiger charge is 2.24. The summed E-state index contributed by atoms with van der Waals surface area (Å²) in [7, 11) is 0. The van der Waals surface area contributed by atoms with Crippen molar-refractivity contribution in [2.75, 3.05) is 37.6 Å². The molecule has 20 heavy (non-hydrogen) atoms. The SMILES string of the molecule is NCC(c1cc[nH]c1)N1CCN(c2ccccc2)CC1. The van der Waals surface area contributed by atoms with Crippen LogP contribution in [-0.4, -0.2) is 42.6 Å². The smallest absolute Gasteiger partial charge is 0.0486 e. The fourth-order valence-corrected chi connectivity index (χ4v) is 2.97. The third-order valence-electron chi connectivity index (χ3n) is 4.11. The summed E-state index contributed by atoms with van der Waals surface area (Å²) in [5.41, 5.74) is 8.58. The fourth-order valence-electron chi connectivity index (χ4n) is 2.97. The minimum atomic E-state index is 0.333. The molecule has 1 unspecified atom stereocenters. The van der Waals surface area contributed by atoms with E-state index in [0.29, 0.717) is 12.6 Å². The molecule has 1 saturated heterocycles. The molecule has 2 heterocycles. The molecule has 0 radical (unpaired) electrons. The van der Waals surface area contributed by atoms with Crippen LogP contribution in [0.15, 0.2) is 48.8 Å². The second kappa shape index (κ2) is 6.11. The molecule has 0 saturated carbocycles. The second-order valence-electron chi connectivity index (χ2n) is 5.25. The quantitative estimate of drug-likeness (QED) is 0.891. The van der Waals surface area contributed by atoms with E-state index in [-0.39, 0.29) is 0 Å². The lowest BCUT2D eigenvalue weighted by Crippen LogP contribution is -2.49. The number of anilines is 1. The van der Waals surface area contributed by atoms with E-state index >= 15 is 0 Å². The fraction of sp³-hybridized carbons (Fsp3) is 0.375. The zero-order chi connectivity index (χ0) is 13.8. The van der Waals surface area contributed by atoms with Gasteiger partial charge in [0.2, 0.25) is 0 Å². The Morgan fingerprint density at radius 2 is 1.80 bits per heavy atom. The van der Waals surface area contributed by atoms with Crippen LogP contribution in [0.3, 0.4) is 0 Å². The second-order valence-corrected chi connectivity index (χ2v) is 5.25. The van der Waals surface area contributed by atoms with Gasteiger partial charge in [0.25, 0.3) is 0 Å². The standard InChI is InChI=1S/C16H22N4/c17-12-16(14-6-7-18-13-14)20-10-8-19(9-11-20)15-4-2-1-3-5-15/h1-7,13,16,18H,8-12,17H2. The van der Waals surface area contributed by atoms with Crippen LogP contribution in [0.1, 0.15) is 11.6 Å². The Labute approximate surface area is 120 Å². The molecule has 0 amide bonds. The van der Waals surface area contributed by atoms with Gasteiger partial charge < -0.3 is 15.6 Å². The van der Waals surface area contributed by atoms with Crippen molar-refractivity contribution < 1.29 is 0 Å². The van der Waals surface area contributed by atoms with E-state index in [1.165, 1.54) is 11.3 Å². The van der Waals surface area contributed by atoms with E-state index in [1.54, 1.807) is 0 Å². The van der Waals surface area contributed by atoms with E-state index < -0.39 is 0 Å². The Balaban J connectivity index is 1.63. The van der Waals surface area contributed by atoms with Crippen LogP contribution < -0.4 is 10.6 Å². The zero-order valence-corrected chi connectivity index (χ0v) is 11.7. The molecule has 0 spiro atoms. The molecule has 4 heteroatoms. The monoisotopic (exact) mass is 270 g/mol. The number of hydrogen-bond acceptors (Lipinski definition) is 3. The van der Waals surface area contributed by atoms with Crippen LogP contribution in [0.2, 0.25) is 0 Å². The Morgan fingerprint density at radius 3 is 2.40 bits per heavy atom. The molecule has 1 aromatic heterocycles. The lowest BCUT2D eigenvalue weighted by atomic mass is 10.1. The minimum absolute atomic E-state index is 0.333. The maximum atomic E-state index is 5.97. The highest BCUT2D eigenvalue weighted by atomic mass is 15.3. The summed E-state index contributed by atoms with van der Waals surface area (Å²) in [6, 6.07) is 13.1. The van der Waals surface area contributed by atoms with Gasteiger partial charge in [-0.15, -0.1) is 0 Å². The predicted molar refractivity (Wildman–Crippen MR) is 82.8 cm³/mol. The van der Waals surface area contributed by atoms with Crippen molar-refractivity contribution in [3.05, 3.63) is 54.4 Å². The van der Waals surface area contributed by atoms with Crippen molar-refractivity contribution in [3.63, 3.8) is 0 Å². The van der Waals surface area contributed by atoms with Crippen molar-refractivity contribution in [2.24, 2.45) is 5.73 Å². The normalized spacial score (nSPS) is 18.1. The maximum Gasteiger partial charge on any atom is 0.0486 e. The number of rotatable bonds is 4. The van der Waals surface area contributed by atoms with Crippen molar-refractivity contribution in [2.45, 2.75) is 6.04 Å². The summed E-state index contributed by atoms with van der Waals surface area (Å²) in [5, 5.41) is 0. The number of nitrogens with zero attached hydrogens (tertiary/aromatic N) is 2. The number of H-pyrrole nitrogens is 1. The van der Waals surface area contributed by atoms with Gasteiger partial charge in [-0.3, -0.25) is 4.90 Å². The number of benzene rings is 1. The first-order valence-corrected chi connectivity index (χ1v) is 7.25. The van der Waals surface area contributed by atoms with Gasteiger partial charge in [0, 0.05) is 56.8 Å². The molecule has 0 bridgehead atoms. The summed E-state index contributed by atoms with van der Waals surface area (Å²) in [6.07, 6.45) is 4.03. The van der Waals surface area contributed by atoms with Crippen LogP contribution in [0.25, 0.3) is 0 Å². The summed E-state index contributed by atoms with van der Waals surface area (Å²) >= 11 is 0. The third-order valence-corrected chi connectivity index (χ3v) is 4.11. The lowest BCUT2D eigenvalue weighted by Gasteiger charge is -2.39. The van der Waals surface area contributed by atoms with Crippen LogP contribution in [0, 0.1) is 0 Å². The van der Waals surface area contributed by atoms with Gasteiger partial charge in [-0.1, -0.05) is 18.2 Å². The first-order valence-electron chi connectivity index (χ1n) is 7.25. The largest absolute Gasteiger partial charge is 0.369 e. The molecule has 1 aliphatic rings. The summed E-state index contributed by atoms with van der Waals surface area (Å²) in [5.74, 6) is 0. The van der Waals surface area contributed by atoms with E-state index in [9.17, 15) is 0 Å². The number of aromatic nitrogens is 1. The molecular formula is C16H22N4. The number of piperazine rings is 1. The highest BCUT2D eigenvalue weighted by Crippen LogP contribution is 2.23. The van der Waals surface area contributed by atoms with E-state index in [4.69, 9.17) is 5.73 Å². The molecule has 2 aromatic rings. The van der Waals surface area contributed by atoms with Gasteiger partial charge in [0.1, 0.15) is 0 Å². The molecule has 4 nitrogen and oxygen atoms in total. The molecule has 1 fully saturated rings. The van der Waals surface area contributed by atoms with Crippen LogP contribution in [0.4, 0.5) is 5.69 Å². The maximum absolute atomic E-state index is 5.97. The van der Waals surface area contributed by atoms with Gasteiger partial charge in [-0.2, -0.15) is 0 Å².